The fourth-order valence-electron chi connectivity index (χ4n) is 2.03. The zero-order valence-electron chi connectivity index (χ0n) is 11.3. The summed E-state index contributed by atoms with van der Waals surface area (Å²) in [4.78, 5) is 14.2. The maximum Gasteiger partial charge on any atom is 0.431 e. The van der Waals surface area contributed by atoms with Gasteiger partial charge in [-0.2, -0.15) is 13.2 Å². The number of rotatable bonds is 2. The molecular formula is C14H10F3N3O2. The van der Waals surface area contributed by atoms with Crippen LogP contribution in [0.4, 0.5) is 18.9 Å². The van der Waals surface area contributed by atoms with Gasteiger partial charge < -0.3 is 14.8 Å². The fraction of sp³-hybridized carbons (Fsp3) is 0.143. The molecule has 0 radical (unpaired) electrons. The number of carbonyl (C=O) groups is 1. The Morgan fingerprint density at radius 3 is 2.68 bits per heavy atom. The van der Waals surface area contributed by atoms with E-state index in [0.717, 1.165) is 6.07 Å². The Bertz CT molecular complexity index is 849. The topological polar surface area (TPSA) is 70.9 Å². The molecule has 1 aromatic carbocycles. The van der Waals surface area contributed by atoms with Crippen LogP contribution in [0.1, 0.15) is 21.9 Å². The van der Waals surface area contributed by atoms with Crippen molar-refractivity contribution in [2.45, 2.75) is 13.1 Å². The van der Waals surface area contributed by atoms with Crippen LogP contribution in [-0.4, -0.2) is 16.0 Å². The van der Waals surface area contributed by atoms with Crippen LogP contribution in [0.2, 0.25) is 0 Å². The third-order valence-corrected chi connectivity index (χ3v) is 3.04. The van der Waals surface area contributed by atoms with Gasteiger partial charge in [-0.25, -0.2) is 0 Å². The van der Waals surface area contributed by atoms with E-state index in [1.807, 2.05) is 0 Å². The first-order chi connectivity index (χ1) is 10.3. The van der Waals surface area contributed by atoms with Gasteiger partial charge in [-0.05, 0) is 31.2 Å². The maximum absolute atomic E-state index is 12.6. The van der Waals surface area contributed by atoms with Gasteiger partial charge in [0.15, 0.2) is 5.69 Å². The normalized spacial score (nSPS) is 11.8. The van der Waals surface area contributed by atoms with Crippen LogP contribution in [0, 0.1) is 6.92 Å². The maximum atomic E-state index is 12.6. The van der Waals surface area contributed by atoms with E-state index in [4.69, 9.17) is 4.52 Å². The number of halogens is 3. The largest absolute Gasteiger partial charge is 0.431 e. The van der Waals surface area contributed by atoms with Crippen molar-refractivity contribution in [2.75, 3.05) is 5.32 Å². The number of nitrogens with one attached hydrogen (secondary N) is 2. The van der Waals surface area contributed by atoms with Crippen molar-refractivity contribution in [3.05, 3.63) is 47.5 Å². The summed E-state index contributed by atoms with van der Waals surface area (Å²) in [5.41, 5.74) is -0.0331. The Morgan fingerprint density at radius 1 is 1.27 bits per heavy atom. The molecule has 2 N–H and O–H groups in total. The summed E-state index contributed by atoms with van der Waals surface area (Å²) in [5.74, 6) is -0.0103. The second-order valence-corrected chi connectivity index (χ2v) is 4.76. The Balaban J connectivity index is 1.87. The number of hydrogen-bond acceptors (Lipinski definition) is 3. The van der Waals surface area contributed by atoms with Crippen molar-refractivity contribution in [1.82, 2.24) is 10.1 Å². The molecule has 0 bridgehead atoms. The van der Waals surface area contributed by atoms with Crippen LogP contribution >= 0.6 is 0 Å². The van der Waals surface area contributed by atoms with Crippen LogP contribution in [0.15, 0.2) is 34.9 Å². The lowest BCUT2D eigenvalue weighted by atomic mass is 10.2. The summed E-state index contributed by atoms with van der Waals surface area (Å²) in [6.45, 7) is 1.65. The molecule has 0 saturated carbocycles. The molecule has 0 aliphatic heterocycles. The summed E-state index contributed by atoms with van der Waals surface area (Å²) in [6, 6.07) is 6.88. The zero-order valence-corrected chi connectivity index (χ0v) is 11.3. The minimum absolute atomic E-state index is 0.0997. The standard InChI is InChI=1S/C14H10F3N3O2/c1-7-4-11(20-22-7)13(21)18-9-2-3-10-8(5-9)6-12(19-10)14(15,16)17/h2-6,19H,1H3,(H,18,21). The molecule has 0 spiro atoms. The number of fused-ring (bicyclic) bond motifs is 1. The van der Waals surface area contributed by atoms with E-state index in [1.165, 1.54) is 24.3 Å². The highest BCUT2D eigenvalue weighted by Crippen LogP contribution is 2.31. The van der Waals surface area contributed by atoms with Crippen molar-refractivity contribution in [3.8, 4) is 0 Å². The molecule has 2 heterocycles. The Hall–Kier alpha value is -2.77. The highest BCUT2D eigenvalue weighted by atomic mass is 19.4. The molecular weight excluding hydrogens is 299 g/mol. The lowest BCUT2D eigenvalue weighted by Crippen LogP contribution is -2.11. The molecule has 0 atom stereocenters. The van der Waals surface area contributed by atoms with Crippen LogP contribution < -0.4 is 5.32 Å². The average molecular weight is 309 g/mol. The summed E-state index contributed by atoms with van der Waals surface area (Å²) < 4.78 is 42.7. The van der Waals surface area contributed by atoms with Crippen molar-refractivity contribution in [2.24, 2.45) is 0 Å². The van der Waals surface area contributed by atoms with E-state index in [1.54, 1.807) is 6.92 Å². The van der Waals surface area contributed by atoms with Gasteiger partial charge in [-0.15, -0.1) is 0 Å². The van der Waals surface area contributed by atoms with Crippen LogP contribution in [0.5, 0.6) is 0 Å². The predicted octanol–water partition coefficient (Wildman–Crippen LogP) is 3.74. The second-order valence-electron chi connectivity index (χ2n) is 4.76. The third kappa shape index (κ3) is 2.67. The molecule has 3 aromatic rings. The molecule has 2 aromatic heterocycles. The van der Waals surface area contributed by atoms with Gasteiger partial charge in [-0.1, -0.05) is 5.16 Å². The molecule has 5 nitrogen and oxygen atoms in total. The molecule has 0 aliphatic carbocycles. The molecule has 0 fully saturated rings. The van der Waals surface area contributed by atoms with Crippen molar-refractivity contribution in [3.63, 3.8) is 0 Å². The minimum Gasteiger partial charge on any atom is -0.361 e. The minimum atomic E-state index is -4.44. The van der Waals surface area contributed by atoms with E-state index >= 15 is 0 Å². The third-order valence-electron chi connectivity index (χ3n) is 3.04. The number of nitrogens with zero attached hydrogens (tertiary/aromatic N) is 1. The Morgan fingerprint density at radius 2 is 2.05 bits per heavy atom. The quantitative estimate of drug-likeness (QED) is 0.757. The van der Waals surface area contributed by atoms with Gasteiger partial charge in [0.1, 0.15) is 11.5 Å². The molecule has 1 amide bonds. The van der Waals surface area contributed by atoms with Crippen molar-refractivity contribution < 1.29 is 22.5 Å². The number of anilines is 1. The molecule has 3 rings (SSSR count). The lowest BCUT2D eigenvalue weighted by Gasteiger charge is -2.02. The van der Waals surface area contributed by atoms with Crippen LogP contribution in [0.3, 0.4) is 0 Å². The fourth-order valence-corrected chi connectivity index (χ4v) is 2.03. The highest BCUT2D eigenvalue weighted by molar-refractivity contribution is 6.03. The zero-order chi connectivity index (χ0) is 15.9. The molecule has 8 heteroatoms. The molecule has 0 aliphatic rings. The predicted molar refractivity (Wildman–Crippen MR) is 72.5 cm³/mol. The van der Waals surface area contributed by atoms with E-state index in [9.17, 15) is 18.0 Å². The molecule has 114 valence electrons. The molecule has 22 heavy (non-hydrogen) atoms. The number of H-pyrrole nitrogens is 1. The van der Waals surface area contributed by atoms with Crippen molar-refractivity contribution >= 4 is 22.5 Å². The van der Waals surface area contributed by atoms with Gasteiger partial charge in [0.2, 0.25) is 0 Å². The number of alkyl halides is 3. The van der Waals surface area contributed by atoms with Crippen LogP contribution in [0.25, 0.3) is 10.9 Å². The van der Waals surface area contributed by atoms with Gasteiger partial charge in [0.05, 0.1) is 0 Å². The first kappa shape index (κ1) is 14.2. The van der Waals surface area contributed by atoms with E-state index in [2.05, 4.69) is 15.5 Å². The summed E-state index contributed by atoms with van der Waals surface area (Å²) in [5, 5.41) is 6.47. The number of aromatic amines is 1. The molecule has 0 saturated heterocycles. The lowest BCUT2D eigenvalue weighted by molar-refractivity contribution is -0.140. The monoisotopic (exact) mass is 309 g/mol. The van der Waals surface area contributed by atoms with Gasteiger partial charge in [-0.3, -0.25) is 4.79 Å². The van der Waals surface area contributed by atoms with E-state index in [0.29, 0.717) is 22.4 Å². The first-order valence-electron chi connectivity index (χ1n) is 6.27. The second kappa shape index (κ2) is 4.90. The number of aromatic nitrogens is 2. The SMILES string of the molecule is Cc1cc(C(=O)Nc2ccc3[nH]c(C(F)(F)F)cc3c2)no1. The van der Waals surface area contributed by atoms with E-state index in [-0.39, 0.29) is 5.69 Å². The number of hydrogen-bond donors (Lipinski definition) is 2. The van der Waals surface area contributed by atoms with E-state index < -0.39 is 17.8 Å². The summed E-state index contributed by atoms with van der Waals surface area (Å²) in [6.07, 6.45) is -4.44. The smallest absolute Gasteiger partial charge is 0.361 e. The number of carbonyl (C=O) groups excluding carboxylic acids is 1. The van der Waals surface area contributed by atoms with Gasteiger partial charge in [0, 0.05) is 22.7 Å². The first-order valence-corrected chi connectivity index (χ1v) is 6.27. The number of benzene rings is 1. The Kier molecular flexibility index (Phi) is 3.16. The average Bonchev–Trinajstić information content (AvgIpc) is 3.03. The van der Waals surface area contributed by atoms with Crippen molar-refractivity contribution in [1.29, 1.82) is 0 Å². The Labute approximate surface area is 122 Å². The number of amides is 1. The van der Waals surface area contributed by atoms with Crippen LogP contribution in [-0.2, 0) is 6.18 Å². The van der Waals surface area contributed by atoms with Gasteiger partial charge in [0.25, 0.3) is 5.91 Å². The highest BCUT2D eigenvalue weighted by Gasteiger charge is 2.32. The van der Waals surface area contributed by atoms with Gasteiger partial charge >= 0.3 is 6.18 Å². The molecule has 0 unspecified atom stereocenters. The summed E-state index contributed by atoms with van der Waals surface area (Å²) in [7, 11) is 0. The number of aryl methyl sites for hydroxylation is 1. The summed E-state index contributed by atoms with van der Waals surface area (Å²) >= 11 is 0.